The highest BCUT2D eigenvalue weighted by Gasteiger charge is 2.32. The summed E-state index contributed by atoms with van der Waals surface area (Å²) in [7, 11) is -3.98. The molecule has 0 aliphatic heterocycles. The van der Waals surface area contributed by atoms with Gasteiger partial charge in [-0.05, 0) is 42.5 Å². The second kappa shape index (κ2) is 12.0. The number of halogens is 1. The summed E-state index contributed by atoms with van der Waals surface area (Å²) in [6.45, 7) is 7.58. The van der Waals surface area contributed by atoms with Crippen LogP contribution in [0.1, 0.15) is 38.3 Å². The van der Waals surface area contributed by atoms with Gasteiger partial charge in [0, 0.05) is 13.1 Å². The molecule has 1 atom stereocenters. The van der Waals surface area contributed by atoms with Gasteiger partial charge in [-0.1, -0.05) is 57.2 Å². The van der Waals surface area contributed by atoms with Gasteiger partial charge in [0.05, 0.1) is 11.9 Å². The largest absolute Gasteiger partial charge is 0.354 e. The van der Waals surface area contributed by atoms with Gasteiger partial charge < -0.3 is 10.2 Å². The van der Waals surface area contributed by atoms with Crippen LogP contribution in [0, 0.1) is 18.7 Å². The van der Waals surface area contributed by atoms with Gasteiger partial charge in [0.25, 0.3) is 0 Å². The van der Waals surface area contributed by atoms with Gasteiger partial charge in [-0.15, -0.1) is 0 Å². The van der Waals surface area contributed by atoms with Crippen molar-refractivity contribution >= 4 is 27.5 Å². The van der Waals surface area contributed by atoms with E-state index in [-0.39, 0.29) is 24.1 Å². The molecular weight excluding hydrogens is 457 g/mol. The summed E-state index contributed by atoms with van der Waals surface area (Å²) >= 11 is 0. The fourth-order valence-corrected chi connectivity index (χ4v) is 4.41. The maximum absolute atomic E-state index is 14.5. The van der Waals surface area contributed by atoms with Crippen molar-refractivity contribution in [1.29, 1.82) is 0 Å². The molecule has 34 heavy (non-hydrogen) atoms. The van der Waals surface area contributed by atoms with Crippen molar-refractivity contribution in [3.63, 3.8) is 0 Å². The molecule has 0 bridgehead atoms. The molecule has 1 unspecified atom stereocenters. The van der Waals surface area contributed by atoms with E-state index in [4.69, 9.17) is 0 Å². The summed E-state index contributed by atoms with van der Waals surface area (Å²) in [6.07, 6.45) is 1.26. The molecule has 0 radical (unpaired) electrons. The lowest BCUT2D eigenvalue weighted by molar-refractivity contribution is -0.140. The number of hydrogen-bond acceptors (Lipinski definition) is 4. The zero-order valence-corrected chi connectivity index (χ0v) is 21.2. The molecule has 186 valence electrons. The van der Waals surface area contributed by atoms with Crippen LogP contribution in [-0.4, -0.2) is 50.5 Å². The van der Waals surface area contributed by atoms with E-state index in [1.54, 1.807) is 6.92 Å². The minimum absolute atomic E-state index is 0.119. The quantitative estimate of drug-likeness (QED) is 0.521. The summed E-state index contributed by atoms with van der Waals surface area (Å²) in [5.74, 6) is -1.44. The van der Waals surface area contributed by atoms with E-state index in [1.165, 1.54) is 23.1 Å². The fourth-order valence-electron chi connectivity index (χ4n) is 3.56. The number of rotatable bonds is 11. The number of carbonyl (C=O) groups is 2. The maximum atomic E-state index is 14.5. The van der Waals surface area contributed by atoms with Gasteiger partial charge >= 0.3 is 0 Å². The van der Waals surface area contributed by atoms with Crippen LogP contribution < -0.4 is 9.62 Å². The Hall–Kier alpha value is -2.94. The first-order valence-corrected chi connectivity index (χ1v) is 13.1. The zero-order valence-electron chi connectivity index (χ0n) is 20.4. The molecule has 0 spiro atoms. The predicted molar refractivity (Wildman–Crippen MR) is 132 cm³/mol. The first-order chi connectivity index (χ1) is 16.0. The van der Waals surface area contributed by atoms with Crippen molar-refractivity contribution in [2.24, 2.45) is 5.92 Å². The Balaban J connectivity index is 2.45. The summed E-state index contributed by atoms with van der Waals surface area (Å²) < 4.78 is 40.2. The van der Waals surface area contributed by atoms with Crippen molar-refractivity contribution in [2.45, 2.75) is 46.7 Å². The first-order valence-electron chi connectivity index (χ1n) is 11.3. The Morgan fingerprint density at radius 3 is 2.24 bits per heavy atom. The van der Waals surface area contributed by atoms with Crippen LogP contribution in [0.5, 0.6) is 0 Å². The highest BCUT2D eigenvalue weighted by molar-refractivity contribution is 7.92. The minimum Gasteiger partial charge on any atom is -0.354 e. The van der Waals surface area contributed by atoms with Crippen molar-refractivity contribution in [1.82, 2.24) is 10.2 Å². The van der Waals surface area contributed by atoms with E-state index in [0.29, 0.717) is 13.0 Å². The lowest BCUT2D eigenvalue weighted by Gasteiger charge is -2.33. The van der Waals surface area contributed by atoms with E-state index in [9.17, 15) is 22.4 Å². The lowest BCUT2D eigenvalue weighted by atomic mass is 10.1. The number of nitrogens with one attached hydrogen (secondary N) is 1. The Kier molecular flexibility index (Phi) is 9.61. The Labute approximate surface area is 202 Å². The van der Waals surface area contributed by atoms with Crippen LogP contribution >= 0.6 is 0 Å². The van der Waals surface area contributed by atoms with Crippen molar-refractivity contribution in [3.05, 3.63) is 65.5 Å². The van der Waals surface area contributed by atoms with E-state index < -0.39 is 34.3 Å². The summed E-state index contributed by atoms with van der Waals surface area (Å²) in [4.78, 5) is 28.0. The molecule has 0 saturated carbocycles. The van der Waals surface area contributed by atoms with E-state index in [2.05, 4.69) is 5.32 Å². The molecule has 7 nitrogen and oxygen atoms in total. The average molecular weight is 492 g/mol. The van der Waals surface area contributed by atoms with E-state index >= 15 is 0 Å². The zero-order chi connectivity index (χ0) is 25.5. The maximum Gasteiger partial charge on any atom is 0.244 e. The van der Waals surface area contributed by atoms with E-state index in [1.807, 2.05) is 45.0 Å². The molecule has 2 rings (SSSR count). The summed E-state index contributed by atoms with van der Waals surface area (Å²) in [5, 5.41) is 2.87. The third kappa shape index (κ3) is 7.28. The van der Waals surface area contributed by atoms with Crippen molar-refractivity contribution in [2.75, 3.05) is 23.7 Å². The number of hydrogen-bond donors (Lipinski definition) is 1. The minimum atomic E-state index is -3.98. The monoisotopic (exact) mass is 491 g/mol. The smallest absolute Gasteiger partial charge is 0.244 e. The highest BCUT2D eigenvalue weighted by atomic mass is 32.2. The number of para-hydroxylation sites is 1. The van der Waals surface area contributed by atoms with Crippen LogP contribution in [0.4, 0.5) is 10.1 Å². The standard InChI is InChI=1S/C25H34FN3O4S/c1-6-22(25(31)27-15-18(2)3)28(16-20-12-8-7-11-19(20)4)24(30)17-29(34(5,32)33)23-14-10-9-13-21(23)26/h7-14,18,22H,6,15-17H2,1-5H3,(H,27,31). The van der Waals surface area contributed by atoms with Crippen molar-refractivity contribution in [3.8, 4) is 0 Å². The topological polar surface area (TPSA) is 86.8 Å². The third-order valence-electron chi connectivity index (χ3n) is 5.47. The molecular formula is C25H34FN3O4S. The fraction of sp³-hybridized carbons (Fsp3) is 0.440. The van der Waals surface area contributed by atoms with Crippen LogP contribution in [0.2, 0.25) is 0 Å². The Morgan fingerprint density at radius 1 is 1.06 bits per heavy atom. The van der Waals surface area contributed by atoms with E-state index in [0.717, 1.165) is 27.8 Å². The number of carbonyl (C=O) groups excluding carboxylic acids is 2. The molecule has 9 heteroatoms. The normalized spacial score (nSPS) is 12.3. The molecule has 2 amide bonds. The molecule has 0 fully saturated rings. The Morgan fingerprint density at radius 2 is 1.68 bits per heavy atom. The second-order valence-corrected chi connectivity index (χ2v) is 10.6. The molecule has 0 aliphatic rings. The van der Waals surface area contributed by atoms with Crippen LogP contribution in [0.15, 0.2) is 48.5 Å². The number of benzene rings is 2. The van der Waals surface area contributed by atoms with Crippen molar-refractivity contribution < 1.29 is 22.4 Å². The predicted octanol–water partition coefficient (Wildman–Crippen LogP) is 3.48. The van der Waals surface area contributed by atoms with Gasteiger partial charge in [-0.3, -0.25) is 13.9 Å². The summed E-state index contributed by atoms with van der Waals surface area (Å²) in [5.41, 5.74) is 1.56. The van der Waals surface area contributed by atoms with Gasteiger partial charge in [-0.2, -0.15) is 0 Å². The van der Waals surface area contributed by atoms with Gasteiger partial charge in [0.2, 0.25) is 21.8 Å². The molecule has 0 heterocycles. The number of sulfonamides is 1. The number of amides is 2. The Bertz CT molecular complexity index is 1100. The lowest BCUT2D eigenvalue weighted by Crippen LogP contribution is -2.52. The molecule has 0 aliphatic carbocycles. The van der Waals surface area contributed by atoms with Gasteiger partial charge in [0.1, 0.15) is 18.4 Å². The second-order valence-electron chi connectivity index (χ2n) is 8.73. The van der Waals surface area contributed by atoms with Crippen LogP contribution in [0.25, 0.3) is 0 Å². The molecule has 2 aromatic carbocycles. The molecule has 2 aromatic rings. The molecule has 1 N–H and O–H groups in total. The third-order valence-corrected chi connectivity index (χ3v) is 6.60. The van der Waals surface area contributed by atoms with Crippen LogP contribution in [0.3, 0.4) is 0 Å². The summed E-state index contributed by atoms with van der Waals surface area (Å²) in [6, 6.07) is 12.1. The van der Waals surface area contributed by atoms with Gasteiger partial charge in [0.15, 0.2) is 0 Å². The highest BCUT2D eigenvalue weighted by Crippen LogP contribution is 2.23. The number of nitrogens with zero attached hydrogens (tertiary/aromatic N) is 2. The average Bonchev–Trinajstić information content (AvgIpc) is 2.76. The number of anilines is 1. The van der Waals surface area contributed by atoms with Crippen LogP contribution in [-0.2, 0) is 26.2 Å². The SMILES string of the molecule is CCC(C(=O)NCC(C)C)N(Cc1ccccc1C)C(=O)CN(c1ccccc1F)S(C)(=O)=O. The molecule has 0 aromatic heterocycles. The number of aryl methyl sites for hydroxylation is 1. The molecule has 0 saturated heterocycles. The van der Waals surface area contributed by atoms with Gasteiger partial charge in [-0.25, -0.2) is 12.8 Å². The first kappa shape index (κ1) is 27.3.